The van der Waals surface area contributed by atoms with Crippen LogP contribution < -0.4 is 0 Å². The second-order valence-electron chi connectivity index (χ2n) is 7.08. The summed E-state index contributed by atoms with van der Waals surface area (Å²) in [5.41, 5.74) is 2.04. The number of benzene rings is 2. The minimum absolute atomic E-state index is 0.119. The molecule has 0 aliphatic carbocycles. The van der Waals surface area contributed by atoms with Crippen LogP contribution in [0.4, 0.5) is 4.39 Å². The van der Waals surface area contributed by atoms with E-state index in [1.54, 1.807) is 12.1 Å². The lowest BCUT2D eigenvalue weighted by atomic mass is 9.89. The van der Waals surface area contributed by atoms with Crippen LogP contribution in [0.5, 0.6) is 0 Å². The second kappa shape index (κ2) is 8.33. The minimum Gasteiger partial charge on any atom is -0.343 e. The Hall–Kier alpha value is -3.02. The van der Waals surface area contributed by atoms with Gasteiger partial charge in [0.2, 0.25) is 17.6 Å². The zero-order valence-corrected chi connectivity index (χ0v) is 15.6. The molecule has 0 N–H and O–H groups in total. The first-order valence-electron chi connectivity index (χ1n) is 9.60. The third-order valence-corrected chi connectivity index (χ3v) is 5.24. The summed E-state index contributed by atoms with van der Waals surface area (Å²) in [6.45, 7) is 1.56. The van der Waals surface area contributed by atoms with Gasteiger partial charge >= 0.3 is 0 Å². The summed E-state index contributed by atoms with van der Waals surface area (Å²) in [4.78, 5) is 18.8. The molecule has 0 atom stereocenters. The fraction of sp³-hybridized carbons (Fsp3) is 0.318. The molecule has 1 amide bonds. The lowest BCUT2D eigenvalue weighted by Gasteiger charge is -2.32. The molecule has 0 unspecified atom stereocenters. The molecule has 1 aliphatic rings. The Morgan fingerprint density at radius 2 is 1.79 bits per heavy atom. The maximum atomic E-state index is 13.0. The number of aryl methyl sites for hydroxylation is 1. The molecule has 6 heteroatoms. The van der Waals surface area contributed by atoms with Gasteiger partial charge in [0.1, 0.15) is 5.82 Å². The SMILES string of the molecule is O=C(CCc1nc(-c2ccc(F)cc2)no1)N1CCC(c2ccccc2)CC1. The summed E-state index contributed by atoms with van der Waals surface area (Å²) >= 11 is 0. The van der Waals surface area contributed by atoms with E-state index in [1.165, 1.54) is 17.7 Å². The molecule has 4 rings (SSSR count). The number of carbonyl (C=O) groups excluding carboxylic acids is 1. The molecule has 1 aliphatic heterocycles. The number of hydrogen-bond donors (Lipinski definition) is 0. The molecule has 1 aromatic heterocycles. The van der Waals surface area contributed by atoms with Gasteiger partial charge in [0.05, 0.1) is 0 Å². The highest BCUT2D eigenvalue weighted by atomic mass is 19.1. The summed E-state index contributed by atoms with van der Waals surface area (Å²) in [6.07, 6.45) is 2.74. The van der Waals surface area contributed by atoms with E-state index in [1.807, 2.05) is 11.0 Å². The average Bonchev–Trinajstić information content (AvgIpc) is 3.22. The van der Waals surface area contributed by atoms with Crippen molar-refractivity contribution in [2.45, 2.75) is 31.6 Å². The van der Waals surface area contributed by atoms with Crippen molar-refractivity contribution in [3.8, 4) is 11.4 Å². The third-order valence-electron chi connectivity index (χ3n) is 5.24. The van der Waals surface area contributed by atoms with Crippen LogP contribution in [0, 0.1) is 5.82 Å². The highest BCUT2D eigenvalue weighted by Crippen LogP contribution is 2.28. The van der Waals surface area contributed by atoms with E-state index in [4.69, 9.17) is 4.52 Å². The van der Waals surface area contributed by atoms with Gasteiger partial charge in [-0.2, -0.15) is 4.98 Å². The number of halogens is 1. The van der Waals surface area contributed by atoms with Crippen molar-refractivity contribution in [2.24, 2.45) is 0 Å². The molecule has 144 valence electrons. The normalized spacial score (nSPS) is 15.0. The maximum absolute atomic E-state index is 13.0. The van der Waals surface area contributed by atoms with Crippen LogP contribution in [-0.4, -0.2) is 34.0 Å². The van der Waals surface area contributed by atoms with Gasteiger partial charge in [0.15, 0.2) is 0 Å². The molecule has 5 nitrogen and oxygen atoms in total. The smallest absolute Gasteiger partial charge is 0.227 e. The molecule has 1 fully saturated rings. The summed E-state index contributed by atoms with van der Waals surface area (Å²) in [6, 6.07) is 16.4. The average molecular weight is 379 g/mol. The summed E-state index contributed by atoms with van der Waals surface area (Å²) in [5.74, 6) is 1.17. The van der Waals surface area contributed by atoms with Crippen LogP contribution in [0.3, 0.4) is 0 Å². The Morgan fingerprint density at radius 1 is 1.07 bits per heavy atom. The van der Waals surface area contributed by atoms with Crippen molar-refractivity contribution in [1.82, 2.24) is 15.0 Å². The Labute approximate surface area is 163 Å². The third kappa shape index (κ3) is 4.27. The van der Waals surface area contributed by atoms with E-state index in [-0.39, 0.29) is 11.7 Å². The van der Waals surface area contributed by atoms with E-state index < -0.39 is 0 Å². The molecule has 3 aromatic rings. The van der Waals surface area contributed by atoms with E-state index in [9.17, 15) is 9.18 Å². The van der Waals surface area contributed by atoms with Crippen molar-refractivity contribution in [1.29, 1.82) is 0 Å². The van der Waals surface area contributed by atoms with Crippen LogP contribution in [0.25, 0.3) is 11.4 Å². The zero-order valence-electron chi connectivity index (χ0n) is 15.6. The molecule has 1 saturated heterocycles. The van der Waals surface area contributed by atoms with Crippen LogP contribution in [-0.2, 0) is 11.2 Å². The topological polar surface area (TPSA) is 59.2 Å². The first kappa shape index (κ1) is 18.3. The van der Waals surface area contributed by atoms with Gasteiger partial charge in [-0.3, -0.25) is 4.79 Å². The van der Waals surface area contributed by atoms with Gasteiger partial charge in [0.25, 0.3) is 0 Å². The van der Waals surface area contributed by atoms with Crippen LogP contribution in [0.2, 0.25) is 0 Å². The van der Waals surface area contributed by atoms with Gasteiger partial charge in [-0.05, 0) is 48.6 Å². The number of nitrogens with zero attached hydrogens (tertiary/aromatic N) is 3. The Bertz CT molecular complexity index is 916. The summed E-state index contributed by atoms with van der Waals surface area (Å²) in [7, 11) is 0. The quantitative estimate of drug-likeness (QED) is 0.666. The fourth-order valence-corrected chi connectivity index (χ4v) is 3.63. The molecular formula is C22H22FN3O2. The highest BCUT2D eigenvalue weighted by Gasteiger charge is 2.24. The van der Waals surface area contributed by atoms with Gasteiger partial charge in [-0.25, -0.2) is 4.39 Å². The van der Waals surface area contributed by atoms with Crippen molar-refractivity contribution >= 4 is 5.91 Å². The van der Waals surface area contributed by atoms with Crippen molar-refractivity contribution in [3.63, 3.8) is 0 Å². The van der Waals surface area contributed by atoms with Crippen LogP contribution >= 0.6 is 0 Å². The fourth-order valence-electron chi connectivity index (χ4n) is 3.63. The Morgan fingerprint density at radius 3 is 2.50 bits per heavy atom. The predicted molar refractivity (Wildman–Crippen MR) is 103 cm³/mol. The molecule has 0 bridgehead atoms. The number of piperidine rings is 1. The Balaban J connectivity index is 1.28. The predicted octanol–water partition coefficient (Wildman–Crippen LogP) is 4.21. The van der Waals surface area contributed by atoms with E-state index in [0.717, 1.165) is 25.9 Å². The van der Waals surface area contributed by atoms with Gasteiger partial charge < -0.3 is 9.42 Å². The molecule has 2 aromatic carbocycles. The molecule has 2 heterocycles. The number of likely N-dealkylation sites (tertiary alicyclic amines) is 1. The monoisotopic (exact) mass is 379 g/mol. The molecule has 28 heavy (non-hydrogen) atoms. The molecule has 0 saturated carbocycles. The Kier molecular flexibility index (Phi) is 5.46. The van der Waals surface area contributed by atoms with Crippen molar-refractivity contribution in [3.05, 3.63) is 71.9 Å². The number of aromatic nitrogens is 2. The van der Waals surface area contributed by atoms with Crippen LogP contribution in [0.15, 0.2) is 59.1 Å². The van der Waals surface area contributed by atoms with E-state index >= 15 is 0 Å². The summed E-state index contributed by atoms with van der Waals surface area (Å²) < 4.78 is 18.2. The lowest BCUT2D eigenvalue weighted by molar-refractivity contribution is -0.132. The minimum atomic E-state index is -0.311. The van der Waals surface area contributed by atoms with Crippen molar-refractivity contribution in [2.75, 3.05) is 13.1 Å². The molecule has 0 radical (unpaired) electrons. The van der Waals surface area contributed by atoms with Gasteiger partial charge in [0, 0.05) is 31.5 Å². The first-order chi connectivity index (χ1) is 13.7. The number of hydrogen-bond acceptors (Lipinski definition) is 4. The number of amides is 1. The molecule has 0 spiro atoms. The number of rotatable bonds is 5. The first-order valence-corrected chi connectivity index (χ1v) is 9.60. The number of carbonyl (C=O) groups is 1. The largest absolute Gasteiger partial charge is 0.343 e. The molecular weight excluding hydrogens is 357 g/mol. The summed E-state index contributed by atoms with van der Waals surface area (Å²) in [5, 5.41) is 3.92. The zero-order chi connectivity index (χ0) is 19.3. The second-order valence-corrected chi connectivity index (χ2v) is 7.08. The van der Waals surface area contributed by atoms with Crippen molar-refractivity contribution < 1.29 is 13.7 Å². The standard InChI is InChI=1S/C22H22FN3O2/c23-19-8-6-18(7-9-19)22-24-20(28-25-22)10-11-21(27)26-14-12-17(13-15-26)16-4-2-1-3-5-16/h1-9,17H,10-15H2. The van der Waals surface area contributed by atoms with Crippen LogP contribution in [0.1, 0.15) is 36.6 Å². The lowest BCUT2D eigenvalue weighted by Crippen LogP contribution is -2.38. The highest BCUT2D eigenvalue weighted by molar-refractivity contribution is 5.76. The van der Waals surface area contributed by atoms with E-state index in [0.29, 0.717) is 36.0 Å². The van der Waals surface area contributed by atoms with Gasteiger partial charge in [-0.1, -0.05) is 35.5 Å². The van der Waals surface area contributed by atoms with Gasteiger partial charge in [-0.15, -0.1) is 0 Å². The van der Waals surface area contributed by atoms with E-state index in [2.05, 4.69) is 34.4 Å². The maximum Gasteiger partial charge on any atom is 0.227 e.